The molecule has 0 radical (unpaired) electrons. The zero-order valence-corrected chi connectivity index (χ0v) is 10.2. The number of hydrogen-bond acceptors (Lipinski definition) is 4. The van der Waals surface area contributed by atoms with E-state index in [0.717, 1.165) is 0 Å². The number of halogens is 3. The summed E-state index contributed by atoms with van der Waals surface area (Å²) < 4.78 is 39.9. The molecule has 0 bridgehead atoms. The lowest BCUT2D eigenvalue weighted by molar-refractivity contribution is -0.173. The second-order valence-electron chi connectivity index (χ2n) is 3.92. The van der Waals surface area contributed by atoms with Crippen LogP contribution in [0.1, 0.15) is 30.1 Å². The summed E-state index contributed by atoms with van der Waals surface area (Å²) in [5.41, 5.74) is 1.22. The van der Waals surface area contributed by atoms with E-state index in [4.69, 9.17) is 0 Å². The molecule has 0 aliphatic heterocycles. The Balaban J connectivity index is 2.47. The minimum Gasteiger partial charge on any atom is -0.389 e. The van der Waals surface area contributed by atoms with E-state index in [1.165, 1.54) is 6.20 Å². The molecule has 1 N–H and O–H groups in total. The van der Waals surface area contributed by atoms with Gasteiger partial charge in [0.05, 0.1) is 12.7 Å². The molecule has 1 atom stereocenters. The number of nitrogens with zero attached hydrogens (tertiary/aromatic N) is 2. The molecular weight excluding hydrogens is 249 g/mol. The Morgan fingerprint density at radius 1 is 1.44 bits per heavy atom. The number of ether oxygens (including phenoxy) is 1. The first-order chi connectivity index (χ1) is 8.29. The number of aliphatic hydroxyl groups is 1. The molecular formula is C11H15F3N2O2. The molecule has 1 heterocycles. The van der Waals surface area contributed by atoms with Gasteiger partial charge in [-0.3, -0.25) is 0 Å². The third-order valence-electron chi connectivity index (χ3n) is 2.25. The van der Waals surface area contributed by atoms with Crippen molar-refractivity contribution in [3.63, 3.8) is 0 Å². The number of aromatic nitrogens is 2. The Labute approximate surface area is 103 Å². The van der Waals surface area contributed by atoms with Crippen LogP contribution in [0.25, 0.3) is 0 Å². The lowest BCUT2D eigenvalue weighted by Gasteiger charge is -2.10. The van der Waals surface area contributed by atoms with Crippen molar-refractivity contribution in [3.05, 3.63) is 23.3 Å². The van der Waals surface area contributed by atoms with Crippen molar-refractivity contribution >= 4 is 0 Å². The molecule has 0 aromatic carbocycles. The molecule has 0 amide bonds. The fourth-order valence-electron chi connectivity index (χ4n) is 1.41. The first kappa shape index (κ1) is 14.8. The van der Waals surface area contributed by atoms with E-state index in [9.17, 15) is 18.3 Å². The zero-order chi connectivity index (χ0) is 13.8. The van der Waals surface area contributed by atoms with E-state index in [0.29, 0.717) is 17.1 Å². The number of aryl methyl sites for hydroxylation is 1. The fourth-order valence-corrected chi connectivity index (χ4v) is 1.41. The number of aliphatic hydroxyl groups excluding tert-OH is 1. The first-order valence-electron chi connectivity index (χ1n) is 5.44. The predicted molar refractivity (Wildman–Crippen MR) is 58.0 cm³/mol. The van der Waals surface area contributed by atoms with Crippen LogP contribution in [0, 0.1) is 6.92 Å². The quantitative estimate of drug-likeness (QED) is 0.826. The van der Waals surface area contributed by atoms with Gasteiger partial charge in [-0.1, -0.05) is 0 Å². The van der Waals surface area contributed by atoms with E-state index in [1.807, 2.05) is 0 Å². The van der Waals surface area contributed by atoms with E-state index < -0.39 is 18.9 Å². The first-order valence-corrected chi connectivity index (χ1v) is 5.44. The highest BCUT2D eigenvalue weighted by Crippen LogP contribution is 2.15. The maximum absolute atomic E-state index is 11.8. The standard InChI is InChI=1S/C11H15F3N2O2/c1-7-9(8(2)17)5-15-10(16-7)3-4-18-6-11(12,13)14/h5,8,17H,3-4,6H2,1-2H3/t8-/m1/s1. The molecule has 1 aromatic heterocycles. The fraction of sp³-hybridized carbons (Fsp3) is 0.636. The average Bonchev–Trinajstić information content (AvgIpc) is 2.22. The predicted octanol–water partition coefficient (Wildman–Crippen LogP) is 1.96. The summed E-state index contributed by atoms with van der Waals surface area (Å²) in [5.74, 6) is 0.402. The summed E-state index contributed by atoms with van der Waals surface area (Å²) in [6.45, 7) is 1.95. The highest BCUT2D eigenvalue weighted by molar-refractivity contribution is 5.18. The number of alkyl halides is 3. The van der Waals surface area contributed by atoms with Gasteiger partial charge < -0.3 is 9.84 Å². The van der Waals surface area contributed by atoms with Crippen molar-refractivity contribution in [2.75, 3.05) is 13.2 Å². The molecule has 18 heavy (non-hydrogen) atoms. The van der Waals surface area contributed by atoms with Crippen LogP contribution in [0.2, 0.25) is 0 Å². The van der Waals surface area contributed by atoms with Crippen LogP contribution >= 0.6 is 0 Å². The summed E-state index contributed by atoms with van der Waals surface area (Å²) in [6, 6.07) is 0. The van der Waals surface area contributed by atoms with Gasteiger partial charge in [0, 0.05) is 23.9 Å². The van der Waals surface area contributed by atoms with Crippen molar-refractivity contribution in [2.24, 2.45) is 0 Å². The van der Waals surface area contributed by atoms with Gasteiger partial charge >= 0.3 is 6.18 Å². The molecule has 0 saturated heterocycles. The second-order valence-corrected chi connectivity index (χ2v) is 3.92. The van der Waals surface area contributed by atoms with Crippen molar-refractivity contribution < 1.29 is 23.0 Å². The van der Waals surface area contributed by atoms with E-state index in [-0.39, 0.29) is 13.0 Å². The molecule has 0 aliphatic rings. The van der Waals surface area contributed by atoms with Gasteiger partial charge in [0.15, 0.2) is 0 Å². The maximum Gasteiger partial charge on any atom is 0.411 e. The third-order valence-corrected chi connectivity index (χ3v) is 2.25. The molecule has 0 spiro atoms. The Morgan fingerprint density at radius 3 is 2.61 bits per heavy atom. The smallest absolute Gasteiger partial charge is 0.389 e. The van der Waals surface area contributed by atoms with Crippen molar-refractivity contribution in [1.29, 1.82) is 0 Å². The molecule has 1 aromatic rings. The zero-order valence-electron chi connectivity index (χ0n) is 10.2. The molecule has 0 aliphatic carbocycles. The van der Waals surface area contributed by atoms with Gasteiger partial charge in [-0.25, -0.2) is 9.97 Å². The van der Waals surface area contributed by atoms with Crippen molar-refractivity contribution in [2.45, 2.75) is 32.5 Å². The molecule has 0 unspecified atom stereocenters. The summed E-state index contributed by atoms with van der Waals surface area (Å²) in [7, 11) is 0. The summed E-state index contributed by atoms with van der Waals surface area (Å²) in [4.78, 5) is 8.06. The highest BCUT2D eigenvalue weighted by Gasteiger charge is 2.27. The van der Waals surface area contributed by atoms with Gasteiger partial charge in [0.25, 0.3) is 0 Å². The van der Waals surface area contributed by atoms with Crippen LogP contribution in [0.4, 0.5) is 13.2 Å². The van der Waals surface area contributed by atoms with Crippen molar-refractivity contribution in [3.8, 4) is 0 Å². The molecule has 1 rings (SSSR count). The Bertz CT molecular complexity index is 394. The average molecular weight is 264 g/mol. The largest absolute Gasteiger partial charge is 0.411 e. The van der Waals surface area contributed by atoms with Gasteiger partial charge in [-0.05, 0) is 13.8 Å². The van der Waals surface area contributed by atoms with Crippen LogP contribution < -0.4 is 0 Å². The number of rotatable bonds is 5. The Hall–Kier alpha value is -1.21. The van der Waals surface area contributed by atoms with E-state index >= 15 is 0 Å². The van der Waals surface area contributed by atoms with Crippen LogP contribution in [0.15, 0.2) is 6.20 Å². The molecule has 102 valence electrons. The topological polar surface area (TPSA) is 55.2 Å². The molecule has 0 saturated carbocycles. The van der Waals surface area contributed by atoms with Crippen LogP contribution in [0.3, 0.4) is 0 Å². The van der Waals surface area contributed by atoms with Crippen LogP contribution in [-0.2, 0) is 11.2 Å². The van der Waals surface area contributed by atoms with Gasteiger partial charge in [-0.15, -0.1) is 0 Å². The third kappa shape index (κ3) is 4.97. The minimum absolute atomic E-state index is 0.0903. The van der Waals surface area contributed by atoms with Gasteiger partial charge in [0.1, 0.15) is 12.4 Å². The maximum atomic E-state index is 11.8. The van der Waals surface area contributed by atoms with Gasteiger partial charge in [-0.2, -0.15) is 13.2 Å². The molecule has 7 heteroatoms. The minimum atomic E-state index is -4.31. The second kappa shape index (κ2) is 6.10. The van der Waals surface area contributed by atoms with Gasteiger partial charge in [0.2, 0.25) is 0 Å². The number of hydrogen-bond donors (Lipinski definition) is 1. The molecule has 0 fully saturated rings. The van der Waals surface area contributed by atoms with Crippen LogP contribution in [0.5, 0.6) is 0 Å². The highest BCUT2D eigenvalue weighted by atomic mass is 19.4. The lowest BCUT2D eigenvalue weighted by atomic mass is 10.1. The monoisotopic (exact) mass is 264 g/mol. The summed E-state index contributed by atoms with van der Waals surface area (Å²) in [6.07, 6.45) is -3.30. The van der Waals surface area contributed by atoms with E-state index in [2.05, 4.69) is 14.7 Å². The van der Waals surface area contributed by atoms with Crippen LogP contribution in [-0.4, -0.2) is 34.5 Å². The Morgan fingerprint density at radius 2 is 2.11 bits per heavy atom. The lowest BCUT2D eigenvalue weighted by Crippen LogP contribution is -2.18. The summed E-state index contributed by atoms with van der Waals surface area (Å²) in [5, 5.41) is 9.37. The van der Waals surface area contributed by atoms with E-state index in [1.54, 1.807) is 13.8 Å². The SMILES string of the molecule is Cc1nc(CCOCC(F)(F)F)ncc1[C@@H](C)O. The Kier molecular flexibility index (Phi) is 5.03. The molecule has 4 nitrogen and oxygen atoms in total. The van der Waals surface area contributed by atoms with Crippen molar-refractivity contribution in [1.82, 2.24) is 9.97 Å². The normalized spacial score (nSPS) is 13.7. The summed E-state index contributed by atoms with van der Waals surface area (Å²) >= 11 is 0.